The number of para-hydroxylation sites is 1. The van der Waals surface area contributed by atoms with E-state index in [9.17, 15) is 14.4 Å². The van der Waals surface area contributed by atoms with E-state index in [4.69, 9.17) is 9.84 Å². The molecule has 2 aromatic carbocycles. The van der Waals surface area contributed by atoms with Crippen molar-refractivity contribution in [2.45, 2.75) is 26.3 Å². The highest BCUT2D eigenvalue weighted by Crippen LogP contribution is 2.17. The van der Waals surface area contributed by atoms with Crippen molar-refractivity contribution in [3.05, 3.63) is 65.2 Å². The number of carboxylic acid groups (broad SMARTS) is 1. The first kappa shape index (κ1) is 21.0. The molecule has 0 spiro atoms. The van der Waals surface area contributed by atoms with Crippen molar-refractivity contribution >= 4 is 17.8 Å². The number of nitrogens with one attached hydrogen (secondary N) is 2. The van der Waals surface area contributed by atoms with E-state index in [2.05, 4.69) is 10.6 Å². The van der Waals surface area contributed by atoms with Crippen LogP contribution < -0.4 is 15.4 Å². The Balaban J connectivity index is 1.69. The van der Waals surface area contributed by atoms with E-state index in [1.54, 1.807) is 36.4 Å². The van der Waals surface area contributed by atoms with E-state index >= 15 is 0 Å². The molecule has 2 aromatic rings. The van der Waals surface area contributed by atoms with Crippen LogP contribution in [-0.4, -0.2) is 36.0 Å². The summed E-state index contributed by atoms with van der Waals surface area (Å²) in [5.74, 6) is -0.815. The molecule has 7 heteroatoms. The normalized spacial score (nSPS) is 10.2. The molecule has 0 aliphatic heterocycles. The SMILES string of the molecule is CCOc1ccccc1C(=O)NCCCC(=O)NCc1ccc(C(=O)O)cc1. The zero-order chi connectivity index (χ0) is 20.4. The van der Waals surface area contributed by atoms with Crippen LogP contribution >= 0.6 is 0 Å². The van der Waals surface area contributed by atoms with Crippen molar-refractivity contribution < 1.29 is 24.2 Å². The number of rotatable bonds is 10. The minimum Gasteiger partial charge on any atom is -0.493 e. The monoisotopic (exact) mass is 384 g/mol. The summed E-state index contributed by atoms with van der Waals surface area (Å²) in [6.45, 7) is 3.03. The summed E-state index contributed by atoms with van der Waals surface area (Å²) < 4.78 is 5.44. The first-order valence-electron chi connectivity index (χ1n) is 9.10. The molecule has 2 rings (SSSR count). The zero-order valence-electron chi connectivity index (χ0n) is 15.7. The third kappa shape index (κ3) is 6.42. The summed E-state index contributed by atoms with van der Waals surface area (Å²) >= 11 is 0. The van der Waals surface area contributed by atoms with E-state index in [1.165, 1.54) is 12.1 Å². The predicted molar refractivity (Wildman–Crippen MR) is 104 cm³/mol. The predicted octanol–water partition coefficient (Wildman–Crippen LogP) is 2.61. The molecular weight excluding hydrogens is 360 g/mol. The summed E-state index contributed by atoms with van der Waals surface area (Å²) in [7, 11) is 0. The molecule has 0 bridgehead atoms. The van der Waals surface area contributed by atoms with Gasteiger partial charge in [0.25, 0.3) is 5.91 Å². The van der Waals surface area contributed by atoms with Gasteiger partial charge in [0.2, 0.25) is 5.91 Å². The number of benzene rings is 2. The lowest BCUT2D eigenvalue weighted by Crippen LogP contribution is -2.27. The molecule has 7 nitrogen and oxygen atoms in total. The second-order valence-electron chi connectivity index (χ2n) is 6.07. The van der Waals surface area contributed by atoms with Gasteiger partial charge in [-0.3, -0.25) is 9.59 Å². The van der Waals surface area contributed by atoms with Gasteiger partial charge in [-0.15, -0.1) is 0 Å². The molecule has 0 saturated heterocycles. The third-order valence-electron chi connectivity index (χ3n) is 3.99. The first-order valence-corrected chi connectivity index (χ1v) is 9.10. The maximum Gasteiger partial charge on any atom is 0.335 e. The van der Waals surface area contributed by atoms with Gasteiger partial charge in [-0.2, -0.15) is 0 Å². The number of hydrogen-bond donors (Lipinski definition) is 3. The van der Waals surface area contributed by atoms with Crippen molar-refractivity contribution in [1.82, 2.24) is 10.6 Å². The van der Waals surface area contributed by atoms with Crippen LogP contribution in [0.4, 0.5) is 0 Å². The zero-order valence-corrected chi connectivity index (χ0v) is 15.7. The molecule has 28 heavy (non-hydrogen) atoms. The van der Waals surface area contributed by atoms with Gasteiger partial charge in [-0.25, -0.2) is 4.79 Å². The Labute approximate surface area is 163 Å². The number of carbonyl (C=O) groups is 3. The lowest BCUT2D eigenvalue weighted by Gasteiger charge is -2.10. The maximum absolute atomic E-state index is 12.2. The molecule has 0 aliphatic carbocycles. The largest absolute Gasteiger partial charge is 0.493 e. The highest BCUT2D eigenvalue weighted by molar-refractivity contribution is 5.96. The minimum absolute atomic E-state index is 0.133. The molecule has 0 radical (unpaired) electrons. The molecule has 148 valence electrons. The van der Waals surface area contributed by atoms with E-state index in [0.29, 0.717) is 37.4 Å². The number of carbonyl (C=O) groups excluding carboxylic acids is 2. The van der Waals surface area contributed by atoms with E-state index < -0.39 is 5.97 Å². The Kier molecular flexibility index (Phi) is 8.02. The Morgan fingerprint density at radius 2 is 1.71 bits per heavy atom. The summed E-state index contributed by atoms with van der Waals surface area (Å²) in [5, 5.41) is 14.4. The molecule has 0 saturated carbocycles. The molecule has 0 fully saturated rings. The summed E-state index contributed by atoms with van der Waals surface area (Å²) in [4.78, 5) is 35.0. The highest BCUT2D eigenvalue weighted by atomic mass is 16.5. The van der Waals surface area contributed by atoms with Gasteiger partial charge in [-0.05, 0) is 43.2 Å². The molecule has 0 aromatic heterocycles. The Hall–Kier alpha value is -3.35. The second kappa shape index (κ2) is 10.7. The van der Waals surface area contributed by atoms with Crippen LogP contribution in [0.2, 0.25) is 0 Å². The van der Waals surface area contributed by atoms with Gasteiger partial charge in [0, 0.05) is 19.5 Å². The van der Waals surface area contributed by atoms with Crippen LogP contribution in [0.15, 0.2) is 48.5 Å². The fourth-order valence-electron chi connectivity index (χ4n) is 2.54. The molecule has 0 heterocycles. The van der Waals surface area contributed by atoms with Crippen molar-refractivity contribution in [2.24, 2.45) is 0 Å². The second-order valence-corrected chi connectivity index (χ2v) is 6.07. The summed E-state index contributed by atoms with van der Waals surface area (Å²) in [6, 6.07) is 13.4. The third-order valence-corrected chi connectivity index (χ3v) is 3.99. The van der Waals surface area contributed by atoms with Crippen molar-refractivity contribution in [3.63, 3.8) is 0 Å². The standard InChI is InChI=1S/C21H24N2O5/c1-2-28-18-7-4-3-6-17(18)20(25)22-13-5-8-19(24)23-14-15-9-11-16(12-10-15)21(26)27/h3-4,6-7,9-12H,2,5,8,13-14H2,1H3,(H,22,25)(H,23,24)(H,26,27). The Morgan fingerprint density at radius 1 is 1.00 bits per heavy atom. The average Bonchev–Trinajstić information content (AvgIpc) is 2.70. The van der Waals surface area contributed by atoms with Crippen LogP contribution in [0.25, 0.3) is 0 Å². The quantitative estimate of drug-likeness (QED) is 0.546. The van der Waals surface area contributed by atoms with E-state index in [1.807, 2.05) is 6.92 Å². The lowest BCUT2D eigenvalue weighted by atomic mass is 10.1. The molecular formula is C21H24N2O5. The smallest absolute Gasteiger partial charge is 0.335 e. The number of aromatic carboxylic acids is 1. The van der Waals surface area contributed by atoms with Gasteiger partial charge in [0.05, 0.1) is 17.7 Å². The summed E-state index contributed by atoms with van der Waals surface area (Å²) in [6.07, 6.45) is 0.785. The molecule has 0 unspecified atom stereocenters. The maximum atomic E-state index is 12.2. The van der Waals surface area contributed by atoms with Crippen LogP contribution in [0.1, 0.15) is 46.0 Å². The van der Waals surface area contributed by atoms with Crippen molar-refractivity contribution in [2.75, 3.05) is 13.2 Å². The molecule has 3 N–H and O–H groups in total. The first-order chi connectivity index (χ1) is 13.5. The fraction of sp³-hybridized carbons (Fsp3) is 0.286. The van der Waals surface area contributed by atoms with Crippen molar-refractivity contribution in [3.8, 4) is 5.75 Å². The molecule has 0 atom stereocenters. The number of amides is 2. The fourth-order valence-corrected chi connectivity index (χ4v) is 2.54. The topological polar surface area (TPSA) is 105 Å². The minimum atomic E-state index is -0.985. The van der Waals surface area contributed by atoms with E-state index in [-0.39, 0.29) is 23.8 Å². The van der Waals surface area contributed by atoms with Crippen molar-refractivity contribution in [1.29, 1.82) is 0 Å². The Morgan fingerprint density at radius 3 is 2.39 bits per heavy atom. The van der Waals surface area contributed by atoms with Crippen LogP contribution in [0.3, 0.4) is 0 Å². The Bertz CT molecular complexity index is 818. The lowest BCUT2D eigenvalue weighted by molar-refractivity contribution is -0.121. The van der Waals surface area contributed by atoms with Gasteiger partial charge in [-0.1, -0.05) is 24.3 Å². The molecule has 0 aliphatic rings. The number of hydrogen-bond acceptors (Lipinski definition) is 4. The average molecular weight is 384 g/mol. The number of carboxylic acids is 1. The van der Waals surface area contributed by atoms with Gasteiger partial charge in [0.15, 0.2) is 0 Å². The van der Waals surface area contributed by atoms with Gasteiger partial charge < -0.3 is 20.5 Å². The van der Waals surface area contributed by atoms with Crippen LogP contribution in [-0.2, 0) is 11.3 Å². The highest BCUT2D eigenvalue weighted by Gasteiger charge is 2.11. The number of ether oxygens (including phenoxy) is 1. The van der Waals surface area contributed by atoms with Crippen LogP contribution in [0.5, 0.6) is 5.75 Å². The summed E-state index contributed by atoms with van der Waals surface area (Å²) in [5.41, 5.74) is 1.49. The molecule has 2 amide bonds. The van der Waals surface area contributed by atoms with E-state index in [0.717, 1.165) is 5.56 Å². The van der Waals surface area contributed by atoms with Gasteiger partial charge >= 0.3 is 5.97 Å². The van der Waals surface area contributed by atoms with Crippen LogP contribution in [0, 0.1) is 0 Å². The van der Waals surface area contributed by atoms with Gasteiger partial charge in [0.1, 0.15) is 5.75 Å².